The van der Waals surface area contributed by atoms with Gasteiger partial charge in [0.05, 0.1) is 0 Å². The molecular weight excluding hydrogens is 323 g/mol. The molecule has 4 N–H and O–H groups in total. The zero-order valence-corrected chi connectivity index (χ0v) is 13.6. The first kappa shape index (κ1) is 16.9. The van der Waals surface area contributed by atoms with Crippen LogP contribution in [-0.4, -0.2) is 20.0 Å². The normalized spacial score (nSPS) is 13.0. The zero-order valence-electron chi connectivity index (χ0n) is 11.9. The van der Waals surface area contributed by atoms with Crippen LogP contribution in [0.1, 0.15) is 24.0 Å². The van der Waals surface area contributed by atoms with E-state index in [1.165, 1.54) is 12.1 Å². The fraction of sp³-hybridized carbons (Fsp3) is 0.200. The average Bonchev–Trinajstić information content (AvgIpc) is 2.41. The van der Waals surface area contributed by atoms with Crippen molar-refractivity contribution < 1.29 is 24.6 Å². The predicted octanol–water partition coefficient (Wildman–Crippen LogP) is 3.63. The van der Waals surface area contributed by atoms with Gasteiger partial charge in [-0.2, -0.15) is 0 Å². The minimum Gasteiger partial charge on any atom is -0.508 e. The highest BCUT2D eigenvalue weighted by molar-refractivity contribution is 8.54. The summed E-state index contributed by atoms with van der Waals surface area (Å²) in [6.45, 7) is -2.29. The van der Waals surface area contributed by atoms with E-state index in [1.807, 2.05) is 19.1 Å². The van der Waals surface area contributed by atoms with Crippen molar-refractivity contribution in [3.05, 3.63) is 53.6 Å². The van der Waals surface area contributed by atoms with Crippen molar-refractivity contribution in [2.24, 2.45) is 0 Å². The van der Waals surface area contributed by atoms with Crippen LogP contribution in [0.3, 0.4) is 0 Å². The van der Waals surface area contributed by atoms with E-state index in [4.69, 9.17) is 9.79 Å². The Kier molecular flexibility index (Phi) is 5.19. The Hall–Kier alpha value is -1.46. The fourth-order valence-corrected chi connectivity index (χ4v) is 4.15. The van der Waals surface area contributed by atoms with E-state index >= 15 is 0 Å². The molecule has 0 bridgehead atoms. The summed E-state index contributed by atoms with van der Waals surface area (Å²) in [5, 5.41) is 18.8. The average molecular weight is 340 g/mol. The number of hydrogen-bond acceptors (Lipinski definition) is 4. The van der Waals surface area contributed by atoms with Crippen LogP contribution in [0, 0.1) is 0 Å². The van der Waals surface area contributed by atoms with Crippen LogP contribution in [0.25, 0.3) is 0 Å². The quantitative estimate of drug-likeness (QED) is 0.621. The lowest BCUT2D eigenvalue weighted by Gasteiger charge is -2.15. The van der Waals surface area contributed by atoms with Gasteiger partial charge < -0.3 is 20.0 Å². The monoisotopic (exact) mass is 340 g/mol. The number of phenolic OH excluding ortho intramolecular Hbond substituents is 2. The number of rotatable bonds is 5. The largest absolute Gasteiger partial charge is 0.508 e. The molecule has 0 aromatic heterocycles. The summed E-state index contributed by atoms with van der Waals surface area (Å²) in [5.74, 6) is 0.261. The van der Waals surface area contributed by atoms with E-state index < -0.39 is 6.80 Å². The van der Waals surface area contributed by atoms with Crippen molar-refractivity contribution >= 4 is 18.2 Å². The van der Waals surface area contributed by atoms with Gasteiger partial charge in [-0.15, -0.1) is 0 Å². The third-order valence-electron chi connectivity index (χ3n) is 3.26. The van der Waals surface area contributed by atoms with Gasteiger partial charge in [-0.1, -0.05) is 25.1 Å². The minimum atomic E-state index is -4.28. The number of benzene rings is 2. The Labute approximate surface area is 132 Å². The van der Waals surface area contributed by atoms with E-state index in [1.54, 1.807) is 18.2 Å². The Bertz CT molecular complexity index is 696. The van der Waals surface area contributed by atoms with Crippen LogP contribution >= 0.6 is 18.2 Å². The third-order valence-corrected chi connectivity index (χ3v) is 5.37. The third kappa shape index (κ3) is 4.78. The molecule has 22 heavy (non-hydrogen) atoms. The Morgan fingerprint density at radius 1 is 1.05 bits per heavy atom. The van der Waals surface area contributed by atoms with Crippen LogP contribution in [0.2, 0.25) is 0 Å². The van der Waals surface area contributed by atoms with Gasteiger partial charge in [0.25, 0.3) is 0 Å². The van der Waals surface area contributed by atoms with Crippen molar-refractivity contribution in [3.8, 4) is 11.5 Å². The Balaban J connectivity index is 2.24. The molecule has 0 spiro atoms. The fourth-order valence-electron chi connectivity index (χ4n) is 2.18. The predicted molar refractivity (Wildman–Crippen MR) is 86.2 cm³/mol. The molecule has 5 nitrogen and oxygen atoms in total. The van der Waals surface area contributed by atoms with Crippen LogP contribution in [-0.2, 0) is 11.0 Å². The molecule has 7 heteroatoms. The van der Waals surface area contributed by atoms with Gasteiger partial charge in [-0.25, -0.2) is 4.57 Å². The van der Waals surface area contributed by atoms with Gasteiger partial charge in [-0.3, -0.25) is 0 Å². The summed E-state index contributed by atoms with van der Waals surface area (Å²) in [7, 11) is 0. The zero-order chi connectivity index (χ0) is 16.3. The second-order valence-corrected chi connectivity index (χ2v) is 8.65. The van der Waals surface area contributed by atoms with Gasteiger partial charge in [0.2, 0.25) is 0 Å². The number of aromatic hydroxyl groups is 2. The topological polar surface area (TPSA) is 98.0 Å². The molecule has 2 aromatic carbocycles. The lowest BCUT2D eigenvalue weighted by molar-refractivity contribution is 0.397. The summed E-state index contributed by atoms with van der Waals surface area (Å²) < 4.78 is 11.2. The molecule has 118 valence electrons. The number of hydrogen-bond donors (Lipinski definition) is 4. The molecule has 2 aromatic rings. The summed E-state index contributed by atoms with van der Waals surface area (Å²) in [6.07, 6.45) is 0.563. The van der Waals surface area contributed by atoms with Crippen molar-refractivity contribution in [1.82, 2.24) is 0 Å². The van der Waals surface area contributed by atoms with E-state index in [2.05, 4.69) is 0 Å². The van der Waals surface area contributed by atoms with E-state index in [9.17, 15) is 14.8 Å². The maximum atomic E-state index is 11.2. The second-order valence-electron chi connectivity index (χ2n) is 5.07. The smallest absolute Gasteiger partial charge is 0.388 e. The SMILES string of the molecule is CC(Cc1ccc(O)cc1SP(=O)(O)O)c1ccc(O)cc1. The summed E-state index contributed by atoms with van der Waals surface area (Å²) >= 11 is 0.448. The van der Waals surface area contributed by atoms with Crippen LogP contribution < -0.4 is 0 Å². The van der Waals surface area contributed by atoms with Gasteiger partial charge in [0.15, 0.2) is 0 Å². The highest BCUT2D eigenvalue weighted by Gasteiger charge is 2.19. The Morgan fingerprint density at radius 3 is 2.23 bits per heavy atom. The highest BCUT2D eigenvalue weighted by Crippen LogP contribution is 2.56. The van der Waals surface area contributed by atoms with Gasteiger partial charge in [-0.05, 0) is 59.1 Å². The summed E-state index contributed by atoms with van der Waals surface area (Å²) in [5.41, 5.74) is 1.77. The molecule has 2 rings (SSSR count). The maximum Gasteiger partial charge on any atom is 0.388 e. The molecule has 0 heterocycles. The van der Waals surface area contributed by atoms with Crippen LogP contribution in [0.15, 0.2) is 47.4 Å². The number of phenols is 2. The first-order chi connectivity index (χ1) is 10.2. The first-order valence-electron chi connectivity index (χ1n) is 6.60. The molecular formula is C15H17O5PS. The maximum absolute atomic E-state index is 11.2. The minimum absolute atomic E-state index is 0.0306. The van der Waals surface area contributed by atoms with Crippen molar-refractivity contribution in [2.45, 2.75) is 24.2 Å². The van der Waals surface area contributed by atoms with Gasteiger partial charge in [0, 0.05) is 4.90 Å². The lowest BCUT2D eigenvalue weighted by atomic mass is 9.93. The van der Waals surface area contributed by atoms with E-state index in [0.29, 0.717) is 22.7 Å². The van der Waals surface area contributed by atoms with Crippen LogP contribution in [0.4, 0.5) is 0 Å². The summed E-state index contributed by atoms with van der Waals surface area (Å²) in [4.78, 5) is 18.6. The molecule has 0 fully saturated rings. The van der Waals surface area contributed by atoms with Crippen molar-refractivity contribution in [2.75, 3.05) is 0 Å². The standard InChI is InChI=1S/C15H17O5PS/c1-10(11-2-5-13(16)6-3-11)8-12-4-7-14(17)9-15(12)22-21(18,19)20/h2-7,9-10,16-17H,8H2,1H3,(H2,18,19,20). The molecule has 0 aliphatic carbocycles. The highest BCUT2D eigenvalue weighted by atomic mass is 32.7. The molecule has 0 saturated carbocycles. The molecule has 0 aliphatic heterocycles. The van der Waals surface area contributed by atoms with E-state index in [0.717, 1.165) is 11.1 Å². The van der Waals surface area contributed by atoms with Gasteiger partial charge >= 0.3 is 6.80 Å². The summed E-state index contributed by atoms with van der Waals surface area (Å²) in [6, 6.07) is 11.4. The van der Waals surface area contributed by atoms with Gasteiger partial charge in [0.1, 0.15) is 11.5 Å². The van der Waals surface area contributed by atoms with Crippen LogP contribution in [0.5, 0.6) is 11.5 Å². The molecule has 0 amide bonds. The molecule has 1 atom stereocenters. The van der Waals surface area contributed by atoms with E-state index in [-0.39, 0.29) is 17.4 Å². The molecule has 0 aliphatic rings. The Morgan fingerprint density at radius 2 is 1.64 bits per heavy atom. The second kappa shape index (κ2) is 6.75. The molecule has 1 unspecified atom stereocenters. The van der Waals surface area contributed by atoms with Crippen molar-refractivity contribution in [3.63, 3.8) is 0 Å². The lowest BCUT2D eigenvalue weighted by Crippen LogP contribution is -1.99. The molecule has 0 saturated heterocycles. The molecule has 0 radical (unpaired) electrons. The first-order valence-corrected chi connectivity index (χ1v) is 9.64. The van der Waals surface area contributed by atoms with Crippen molar-refractivity contribution in [1.29, 1.82) is 0 Å².